The van der Waals surface area contributed by atoms with Gasteiger partial charge in [0, 0.05) is 6.07 Å². The Bertz CT molecular complexity index is 643. The van der Waals surface area contributed by atoms with Gasteiger partial charge >= 0.3 is 5.97 Å². The molecule has 2 atom stereocenters. The topological polar surface area (TPSA) is 102 Å². The zero-order valence-corrected chi connectivity index (χ0v) is 14.5. The maximum absolute atomic E-state index is 12.5. The van der Waals surface area contributed by atoms with Crippen molar-refractivity contribution < 1.29 is 27.8 Å². The third kappa shape index (κ3) is 4.84. The quantitative estimate of drug-likeness (QED) is 0.708. The van der Waals surface area contributed by atoms with Crippen LogP contribution >= 0.6 is 0 Å². The van der Waals surface area contributed by atoms with Crippen molar-refractivity contribution in [3.63, 3.8) is 0 Å². The van der Waals surface area contributed by atoms with Gasteiger partial charge in [0.15, 0.2) is 11.5 Å². The van der Waals surface area contributed by atoms with Crippen molar-refractivity contribution in [2.24, 2.45) is 5.92 Å². The highest BCUT2D eigenvalue weighted by Crippen LogP contribution is 2.29. The molecule has 130 valence electrons. The van der Waals surface area contributed by atoms with Crippen molar-refractivity contribution in [1.29, 1.82) is 0 Å². The Kier molecular flexibility index (Phi) is 6.83. The summed E-state index contributed by atoms with van der Waals surface area (Å²) < 4.78 is 37.3. The largest absolute Gasteiger partial charge is 0.493 e. The molecule has 0 amide bonds. The van der Waals surface area contributed by atoms with Crippen LogP contribution < -0.4 is 14.2 Å². The minimum Gasteiger partial charge on any atom is -0.493 e. The highest BCUT2D eigenvalue weighted by Gasteiger charge is 2.30. The lowest BCUT2D eigenvalue weighted by atomic mass is 9.98. The van der Waals surface area contributed by atoms with Gasteiger partial charge in [0.05, 0.1) is 19.1 Å². The zero-order chi connectivity index (χ0) is 17.6. The van der Waals surface area contributed by atoms with E-state index in [0.29, 0.717) is 12.2 Å². The summed E-state index contributed by atoms with van der Waals surface area (Å²) in [6.45, 7) is 3.62. The number of carboxylic acids is 1. The molecular weight excluding hydrogens is 322 g/mol. The summed E-state index contributed by atoms with van der Waals surface area (Å²) in [6, 6.07) is 2.91. The second-order valence-corrected chi connectivity index (χ2v) is 6.93. The van der Waals surface area contributed by atoms with E-state index >= 15 is 0 Å². The molecule has 0 fully saturated rings. The van der Waals surface area contributed by atoms with Crippen molar-refractivity contribution in [2.45, 2.75) is 37.6 Å². The number of hydrogen-bond donors (Lipinski definition) is 2. The van der Waals surface area contributed by atoms with Crippen molar-refractivity contribution >= 4 is 16.0 Å². The lowest BCUT2D eigenvalue weighted by Gasteiger charge is -2.21. The SMILES string of the molecule is CCCC(C)C(NS(=O)(=O)c1ccc(OC)c(OC)c1)C(=O)O. The smallest absolute Gasteiger partial charge is 0.322 e. The van der Waals surface area contributed by atoms with Crippen molar-refractivity contribution in [3.8, 4) is 11.5 Å². The van der Waals surface area contributed by atoms with E-state index in [1.807, 2.05) is 6.92 Å². The van der Waals surface area contributed by atoms with Crippen LogP contribution in [0.25, 0.3) is 0 Å². The number of nitrogens with one attached hydrogen (secondary N) is 1. The molecule has 1 aromatic rings. The molecule has 2 N–H and O–H groups in total. The minimum atomic E-state index is -3.99. The number of sulfonamides is 1. The molecule has 0 aromatic heterocycles. The predicted molar refractivity (Wildman–Crippen MR) is 85.4 cm³/mol. The number of rotatable bonds is 9. The summed E-state index contributed by atoms with van der Waals surface area (Å²) >= 11 is 0. The molecule has 0 spiro atoms. The first-order valence-electron chi connectivity index (χ1n) is 7.24. The molecule has 0 bridgehead atoms. The Morgan fingerprint density at radius 2 is 1.87 bits per heavy atom. The fourth-order valence-corrected chi connectivity index (χ4v) is 3.56. The summed E-state index contributed by atoms with van der Waals surface area (Å²) in [4.78, 5) is 11.3. The van der Waals surface area contributed by atoms with E-state index < -0.39 is 22.0 Å². The third-order valence-electron chi connectivity index (χ3n) is 3.53. The van der Waals surface area contributed by atoms with E-state index in [-0.39, 0.29) is 16.6 Å². The van der Waals surface area contributed by atoms with Crippen LogP contribution in [0, 0.1) is 5.92 Å². The number of hydrogen-bond acceptors (Lipinski definition) is 5. The Labute approximate surface area is 136 Å². The lowest BCUT2D eigenvalue weighted by molar-refractivity contribution is -0.140. The highest BCUT2D eigenvalue weighted by molar-refractivity contribution is 7.89. The fourth-order valence-electron chi connectivity index (χ4n) is 2.25. The van der Waals surface area contributed by atoms with Crippen molar-refractivity contribution in [1.82, 2.24) is 4.72 Å². The Morgan fingerprint density at radius 3 is 2.35 bits per heavy atom. The van der Waals surface area contributed by atoms with Gasteiger partial charge in [-0.15, -0.1) is 0 Å². The first-order valence-corrected chi connectivity index (χ1v) is 8.72. The molecule has 0 aliphatic heterocycles. The second-order valence-electron chi connectivity index (χ2n) is 5.22. The van der Waals surface area contributed by atoms with Gasteiger partial charge in [-0.25, -0.2) is 8.42 Å². The molecule has 1 rings (SSSR count). The molecule has 0 aliphatic carbocycles. The van der Waals surface area contributed by atoms with Crippen LogP contribution in [0.3, 0.4) is 0 Å². The summed E-state index contributed by atoms with van der Waals surface area (Å²) in [5, 5.41) is 9.29. The average molecular weight is 345 g/mol. The Hall–Kier alpha value is -1.80. The summed E-state index contributed by atoms with van der Waals surface area (Å²) in [7, 11) is -1.16. The van der Waals surface area contributed by atoms with Crippen LogP contribution in [-0.2, 0) is 14.8 Å². The molecule has 2 unspecified atom stereocenters. The Morgan fingerprint density at radius 1 is 1.26 bits per heavy atom. The molecule has 23 heavy (non-hydrogen) atoms. The molecular formula is C15H23NO6S. The van der Waals surface area contributed by atoms with Crippen LogP contribution in [0.2, 0.25) is 0 Å². The van der Waals surface area contributed by atoms with Crippen LogP contribution in [0.15, 0.2) is 23.1 Å². The van der Waals surface area contributed by atoms with Gasteiger partial charge in [0.25, 0.3) is 0 Å². The lowest BCUT2D eigenvalue weighted by Crippen LogP contribution is -2.45. The maximum atomic E-state index is 12.5. The molecule has 7 nitrogen and oxygen atoms in total. The van der Waals surface area contributed by atoms with E-state index in [1.165, 1.54) is 32.4 Å². The molecule has 0 saturated carbocycles. The Balaban J connectivity index is 3.12. The van der Waals surface area contributed by atoms with Gasteiger partial charge in [-0.3, -0.25) is 4.79 Å². The van der Waals surface area contributed by atoms with Crippen LogP contribution in [0.5, 0.6) is 11.5 Å². The maximum Gasteiger partial charge on any atom is 0.322 e. The van der Waals surface area contributed by atoms with Gasteiger partial charge in [-0.1, -0.05) is 20.3 Å². The normalized spacial score (nSPS) is 14.1. The van der Waals surface area contributed by atoms with Gasteiger partial charge in [0.1, 0.15) is 6.04 Å². The third-order valence-corrected chi connectivity index (χ3v) is 4.97. The number of ether oxygens (including phenoxy) is 2. The van der Waals surface area contributed by atoms with Crippen molar-refractivity contribution in [3.05, 3.63) is 18.2 Å². The van der Waals surface area contributed by atoms with Crippen LogP contribution in [0.1, 0.15) is 26.7 Å². The highest BCUT2D eigenvalue weighted by atomic mass is 32.2. The molecule has 0 saturated heterocycles. The first kappa shape index (κ1) is 19.2. The first-order chi connectivity index (χ1) is 10.8. The van der Waals surface area contributed by atoms with E-state index in [0.717, 1.165) is 6.42 Å². The van der Waals surface area contributed by atoms with Crippen molar-refractivity contribution in [2.75, 3.05) is 14.2 Å². The van der Waals surface area contributed by atoms with E-state index in [9.17, 15) is 18.3 Å². The van der Waals surface area contributed by atoms with Gasteiger partial charge in [0.2, 0.25) is 10.0 Å². The van der Waals surface area contributed by atoms with E-state index in [2.05, 4.69) is 4.72 Å². The standard InChI is InChI=1S/C15H23NO6S/c1-5-6-10(2)14(15(17)18)16-23(19,20)11-7-8-12(21-3)13(9-11)22-4/h7-10,14,16H,5-6H2,1-4H3,(H,17,18). The van der Waals surface area contributed by atoms with Crippen LogP contribution in [-0.4, -0.2) is 39.8 Å². The molecule has 8 heteroatoms. The minimum absolute atomic E-state index is 0.0786. The number of benzene rings is 1. The van der Waals surface area contributed by atoms with E-state index in [1.54, 1.807) is 6.92 Å². The fraction of sp³-hybridized carbons (Fsp3) is 0.533. The summed E-state index contributed by atoms with van der Waals surface area (Å²) in [6.07, 6.45) is 1.37. The molecule has 0 aliphatic rings. The number of aliphatic carboxylic acids is 1. The number of carboxylic acid groups (broad SMARTS) is 1. The van der Waals surface area contributed by atoms with E-state index in [4.69, 9.17) is 9.47 Å². The molecule has 0 radical (unpaired) electrons. The van der Waals surface area contributed by atoms with Gasteiger partial charge < -0.3 is 14.6 Å². The monoisotopic (exact) mass is 345 g/mol. The summed E-state index contributed by atoms with van der Waals surface area (Å²) in [5.74, 6) is -0.883. The average Bonchev–Trinajstić information content (AvgIpc) is 2.51. The van der Waals surface area contributed by atoms with Gasteiger partial charge in [-0.2, -0.15) is 4.72 Å². The second kappa shape index (κ2) is 8.16. The van der Waals surface area contributed by atoms with Crippen LogP contribution in [0.4, 0.5) is 0 Å². The number of carbonyl (C=O) groups is 1. The zero-order valence-electron chi connectivity index (χ0n) is 13.7. The predicted octanol–water partition coefficient (Wildman–Crippen LogP) is 1.87. The summed E-state index contributed by atoms with van der Waals surface area (Å²) in [5.41, 5.74) is 0. The number of methoxy groups -OCH3 is 2. The molecule has 1 aromatic carbocycles. The van der Waals surface area contributed by atoms with Gasteiger partial charge in [-0.05, 0) is 24.5 Å². The molecule has 0 heterocycles.